The molecule has 0 radical (unpaired) electrons. The van der Waals surface area contributed by atoms with Crippen molar-refractivity contribution in [2.45, 2.75) is 13.0 Å². The Balaban J connectivity index is 2.14. The summed E-state index contributed by atoms with van der Waals surface area (Å²) in [5.74, 6) is 0.397. The Hall–Kier alpha value is -2.14. The van der Waals surface area contributed by atoms with Gasteiger partial charge in [0, 0.05) is 13.3 Å². The second-order valence-corrected chi connectivity index (χ2v) is 4.13. The number of pyridine rings is 1. The fourth-order valence-electron chi connectivity index (χ4n) is 1.81. The number of nitrogens with one attached hydrogen (secondary N) is 1. The largest absolute Gasteiger partial charge is 0.469 e. The van der Waals surface area contributed by atoms with Crippen LogP contribution in [-0.4, -0.2) is 24.6 Å². The number of aromatic nitrogens is 1. The molecule has 0 aliphatic rings. The number of hydrogen-bond acceptors (Lipinski definition) is 4. The van der Waals surface area contributed by atoms with E-state index in [4.69, 9.17) is 9.15 Å². The third-order valence-corrected chi connectivity index (χ3v) is 2.79. The van der Waals surface area contributed by atoms with Gasteiger partial charge in [0.05, 0.1) is 30.2 Å². The summed E-state index contributed by atoms with van der Waals surface area (Å²) in [5.41, 5.74) is 1.29. The molecule has 19 heavy (non-hydrogen) atoms. The molecule has 2 aromatic rings. The molecule has 2 rings (SSSR count). The molecule has 0 bridgehead atoms. The van der Waals surface area contributed by atoms with Crippen molar-refractivity contribution in [2.75, 3.05) is 13.7 Å². The van der Waals surface area contributed by atoms with Gasteiger partial charge in [-0.1, -0.05) is 6.07 Å². The summed E-state index contributed by atoms with van der Waals surface area (Å²) >= 11 is 0. The molecular formula is C14H16N2O3. The van der Waals surface area contributed by atoms with Crippen molar-refractivity contribution < 1.29 is 13.9 Å². The van der Waals surface area contributed by atoms with Gasteiger partial charge in [-0.25, -0.2) is 0 Å². The number of ether oxygens (including phenoxy) is 1. The first-order valence-electron chi connectivity index (χ1n) is 5.97. The lowest BCUT2D eigenvalue weighted by Crippen LogP contribution is -2.32. The van der Waals surface area contributed by atoms with Crippen LogP contribution in [0.4, 0.5) is 0 Å². The summed E-state index contributed by atoms with van der Waals surface area (Å²) < 4.78 is 10.3. The van der Waals surface area contributed by atoms with E-state index in [1.54, 1.807) is 26.3 Å². The van der Waals surface area contributed by atoms with Crippen LogP contribution in [0.2, 0.25) is 0 Å². The Morgan fingerprint density at radius 2 is 2.32 bits per heavy atom. The fraction of sp³-hybridized carbons (Fsp3) is 0.286. The van der Waals surface area contributed by atoms with Crippen LogP contribution in [0.25, 0.3) is 0 Å². The van der Waals surface area contributed by atoms with Gasteiger partial charge in [0.1, 0.15) is 5.76 Å². The Bertz CT molecular complexity index is 537. The van der Waals surface area contributed by atoms with Crippen molar-refractivity contribution in [3.63, 3.8) is 0 Å². The molecule has 0 aromatic carbocycles. The molecule has 5 nitrogen and oxygen atoms in total. The molecule has 0 spiro atoms. The van der Waals surface area contributed by atoms with Crippen LogP contribution < -0.4 is 5.32 Å². The molecule has 0 aliphatic carbocycles. The van der Waals surface area contributed by atoms with E-state index in [1.165, 1.54) is 6.26 Å². The first-order valence-corrected chi connectivity index (χ1v) is 5.97. The molecule has 0 saturated heterocycles. The lowest BCUT2D eigenvalue weighted by atomic mass is 10.1. The summed E-state index contributed by atoms with van der Waals surface area (Å²) in [6, 6.07) is 6.92. The SMILES string of the molecule is COC[C@H](NC(=O)c1ccoc1C)c1ccccn1. The quantitative estimate of drug-likeness (QED) is 0.894. The van der Waals surface area contributed by atoms with Crippen molar-refractivity contribution in [1.82, 2.24) is 10.3 Å². The normalized spacial score (nSPS) is 12.1. The summed E-state index contributed by atoms with van der Waals surface area (Å²) in [6.07, 6.45) is 3.18. The molecule has 0 fully saturated rings. The van der Waals surface area contributed by atoms with Crippen molar-refractivity contribution >= 4 is 5.91 Å². The minimum atomic E-state index is -0.284. The molecule has 1 N–H and O–H groups in total. The molecule has 0 aliphatic heterocycles. The van der Waals surface area contributed by atoms with Gasteiger partial charge >= 0.3 is 0 Å². The van der Waals surface area contributed by atoms with Crippen molar-refractivity contribution in [2.24, 2.45) is 0 Å². The van der Waals surface area contributed by atoms with Gasteiger partial charge in [0.2, 0.25) is 0 Å². The zero-order valence-corrected chi connectivity index (χ0v) is 10.9. The third-order valence-electron chi connectivity index (χ3n) is 2.79. The van der Waals surface area contributed by atoms with E-state index in [9.17, 15) is 4.79 Å². The fourth-order valence-corrected chi connectivity index (χ4v) is 1.81. The van der Waals surface area contributed by atoms with Crippen LogP contribution in [0.15, 0.2) is 41.1 Å². The van der Waals surface area contributed by atoms with Crippen LogP contribution >= 0.6 is 0 Å². The molecule has 5 heteroatoms. The van der Waals surface area contributed by atoms with Crippen LogP contribution in [0, 0.1) is 6.92 Å². The van der Waals surface area contributed by atoms with Crippen molar-refractivity contribution in [1.29, 1.82) is 0 Å². The molecule has 100 valence electrons. The van der Waals surface area contributed by atoms with Crippen molar-refractivity contribution in [3.8, 4) is 0 Å². The maximum atomic E-state index is 12.1. The first kappa shape index (κ1) is 13.3. The van der Waals surface area contributed by atoms with E-state index < -0.39 is 0 Å². The number of carbonyl (C=O) groups excluding carboxylic acids is 1. The Morgan fingerprint density at radius 3 is 2.89 bits per heavy atom. The zero-order chi connectivity index (χ0) is 13.7. The molecule has 0 unspecified atom stereocenters. The van der Waals surface area contributed by atoms with Crippen molar-refractivity contribution in [3.05, 3.63) is 53.7 Å². The van der Waals surface area contributed by atoms with E-state index in [2.05, 4.69) is 10.3 Å². The van der Waals surface area contributed by atoms with Gasteiger partial charge in [0.15, 0.2) is 0 Å². The van der Waals surface area contributed by atoms with Crippen LogP contribution in [0.3, 0.4) is 0 Å². The Labute approximate surface area is 111 Å². The van der Waals surface area contributed by atoms with E-state index in [1.807, 2.05) is 18.2 Å². The van der Waals surface area contributed by atoms with Gasteiger partial charge in [-0.3, -0.25) is 9.78 Å². The number of methoxy groups -OCH3 is 1. The number of rotatable bonds is 5. The van der Waals surface area contributed by atoms with E-state index in [0.29, 0.717) is 17.9 Å². The molecule has 2 heterocycles. The number of hydrogen-bond donors (Lipinski definition) is 1. The topological polar surface area (TPSA) is 64.4 Å². The van der Waals surface area contributed by atoms with Crippen LogP contribution in [0.1, 0.15) is 27.9 Å². The molecule has 0 saturated carbocycles. The Morgan fingerprint density at radius 1 is 1.47 bits per heavy atom. The van der Waals surface area contributed by atoms with E-state index >= 15 is 0 Å². The summed E-state index contributed by atoms with van der Waals surface area (Å²) in [5, 5.41) is 2.89. The van der Waals surface area contributed by atoms with Gasteiger partial charge in [0.25, 0.3) is 5.91 Å². The second kappa shape index (κ2) is 6.15. The highest BCUT2D eigenvalue weighted by Gasteiger charge is 2.18. The third kappa shape index (κ3) is 3.20. The minimum Gasteiger partial charge on any atom is -0.469 e. The van der Waals surface area contributed by atoms with Crippen LogP contribution in [-0.2, 0) is 4.74 Å². The highest BCUT2D eigenvalue weighted by atomic mass is 16.5. The van der Waals surface area contributed by atoms with Crippen LogP contribution in [0.5, 0.6) is 0 Å². The van der Waals surface area contributed by atoms with Gasteiger partial charge in [-0.05, 0) is 25.1 Å². The van der Waals surface area contributed by atoms with Gasteiger partial charge in [-0.15, -0.1) is 0 Å². The summed E-state index contributed by atoms with van der Waals surface area (Å²) in [7, 11) is 1.59. The highest BCUT2D eigenvalue weighted by Crippen LogP contribution is 2.13. The summed E-state index contributed by atoms with van der Waals surface area (Å²) in [6.45, 7) is 2.11. The second-order valence-electron chi connectivity index (χ2n) is 4.13. The summed E-state index contributed by atoms with van der Waals surface area (Å²) in [4.78, 5) is 16.4. The first-order chi connectivity index (χ1) is 9.22. The number of nitrogens with zero attached hydrogens (tertiary/aromatic N) is 1. The standard InChI is InChI=1S/C14H16N2O3/c1-10-11(6-8-19-10)14(17)16-13(9-18-2)12-5-3-4-7-15-12/h3-8,13H,9H2,1-2H3,(H,16,17)/t13-/m0/s1. The maximum absolute atomic E-state index is 12.1. The van der Waals surface area contributed by atoms with E-state index in [-0.39, 0.29) is 11.9 Å². The number of amides is 1. The van der Waals surface area contributed by atoms with Gasteiger partial charge < -0.3 is 14.5 Å². The number of furan rings is 1. The van der Waals surface area contributed by atoms with Gasteiger partial charge in [-0.2, -0.15) is 0 Å². The van der Waals surface area contributed by atoms with E-state index in [0.717, 1.165) is 5.69 Å². The molecule has 1 amide bonds. The molecular weight excluding hydrogens is 244 g/mol. The smallest absolute Gasteiger partial charge is 0.255 e. The Kier molecular flexibility index (Phi) is 4.30. The predicted molar refractivity (Wildman–Crippen MR) is 69.8 cm³/mol. The lowest BCUT2D eigenvalue weighted by Gasteiger charge is -2.17. The average molecular weight is 260 g/mol. The zero-order valence-electron chi connectivity index (χ0n) is 10.9. The lowest BCUT2D eigenvalue weighted by molar-refractivity contribution is 0.0893. The maximum Gasteiger partial charge on any atom is 0.255 e. The minimum absolute atomic E-state index is 0.195. The number of carbonyl (C=O) groups is 1. The molecule has 1 atom stereocenters. The monoisotopic (exact) mass is 260 g/mol. The average Bonchev–Trinajstić information content (AvgIpc) is 2.85. The predicted octanol–water partition coefficient (Wildman–Crippen LogP) is 2.10. The highest BCUT2D eigenvalue weighted by molar-refractivity contribution is 5.95. The number of aryl methyl sites for hydroxylation is 1. The molecule has 2 aromatic heterocycles.